The lowest BCUT2D eigenvalue weighted by Gasteiger charge is -2.18. The van der Waals surface area contributed by atoms with E-state index in [1.165, 1.54) is 6.92 Å². The van der Waals surface area contributed by atoms with E-state index in [1.807, 2.05) is 32.0 Å². The number of nitrogens with one attached hydrogen (secondary N) is 1. The number of hydrogen-bond acceptors (Lipinski definition) is 4. The van der Waals surface area contributed by atoms with Gasteiger partial charge in [0.2, 0.25) is 5.88 Å². The van der Waals surface area contributed by atoms with Crippen molar-refractivity contribution in [3.8, 4) is 11.6 Å². The van der Waals surface area contributed by atoms with Crippen LogP contribution in [0.4, 0.5) is 5.69 Å². The predicted octanol–water partition coefficient (Wildman–Crippen LogP) is 0.914. The predicted molar refractivity (Wildman–Crippen MR) is 78.1 cm³/mol. The molecule has 2 rings (SSSR count). The summed E-state index contributed by atoms with van der Waals surface area (Å²) >= 11 is 0. The number of aryl methyl sites for hydroxylation is 1. The zero-order valence-corrected chi connectivity index (χ0v) is 11.9. The smallest absolute Gasteiger partial charge is 0.335 e. The second-order valence-electron chi connectivity index (χ2n) is 4.91. The summed E-state index contributed by atoms with van der Waals surface area (Å²) in [5, 5.41) is 10.0. The van der Waals surface area contributed by atoms with Crippen LogP contribution in [-0.2, 0) is 0 Å². The average Bonchev–Trinajstić information content (AvgIpc) is 2.37. The highest BCUT2D eigenvalue weighted by atomic mass is 16.3. The van der Waals surface area contributed by atoms with E-state index in [9.17, 15) is 14.7 Å². The lowest BCUT2D eigenvalue weighted by molar-refractivity contribution is 0.426. The van der Waals surface area contributed by atoms with Crippen LogP contribution in [0.1, 0.15) is 11.1 Å². The lowest BCUT2D eigenvalue weighted by Crippen LogP contribution is -2.30. The number of nitrogens with zero attached hydrogens (tertiary/aromatic N) is 2. The summed E-state index contributed by atoms with van der Waals surface area (Å²) in [6.45, 7) is 3.42. The van der Waals surface area contributed by atoms with Gasteiger partial charge < -0.3 is 10.0 Å². The minimum atomic E-state index is -0.661. The fraction of sp³-hybridized carbons (Fsp3) is 0.286. The number of aromatic amines is 1. The molecule has 0 saturated carbocycles. The van der Waals surface area contributed by atoms with Crippen LogP contribution in [0.2, 0.25) is 0 Å². The van der Waals surface area contributed by atoms with Gasteiger partial charge in [0.1, 0.15) is 0 Å². The molecule has 1 aromatic heterocycles. The van der Waals surface area contributed by atoms with Crippen LogP contribution < -0.4 is 16.1 Å². The number of anilines is 1. The van der Waals surface area contributed by atoms with Crippen LogP contribution in [0, 0.1) is 13.8 Å². The second kappa shape index (κ2) is 4.88. The molecule has 0 bridgehead atoms. The third kappa shape index (κ3) is 2.20. The Morgan fingerprint density at radius 3 is 2.45 bits per heavy atom. The maximum absolute atomic E-state index is 11.9. The van der Waals surface area contributed by atoms with Crippen molar-refractivity contribution in [1.82, 2.24) is 9.55 Å². The molecule has 2 aromatic rings. The third-order valence-electron chi connectivity index (χ3n) is 3.24. The van der Waals surface area contributed by atoms with E-state index in [-0.39, 0.29) is 11.4 Å². The van der Waals surface area contributed by atoms with Crippen molar-refractivity contribution in [2.24, 2.45) is 0 Å². The van der Waals surface area contributed by atoms with Crippen molar-refractivity contribution in [2.75, 3.05) is 19.0 Å². The van der Waals surface area contributed by atoms with Gasteiger partial charge in [0, 0.05) is 19.8 Å². The highest BCUT2D eigenvalue weighted by molar-refractivity contribution is 5.58. The van der Waals surface area contributed by atoms with Crippen LogP contribution in [0.15, 0.2) is 27.8 Å². The van der Waals surface area contributed by atoms with Gasteiger partial charge in [-0.05, 0) is 31.5 Å². The average molecular weight is 275 g/mol. The summed E-state index contributed by atoms with van der Waals surface area (Å²) < 4.78 is 1.09. The first-order valence-electron chi connectivity index (χ1n) is 6.16. The van der Waals surface area contributed by atoms with Gasteiger partial charge in [-0.25, -0.2) is 9.36 Å². The largest absolute Gasteiger partial charge is 0.494 e. The van der Waals surface area contributed by atoms with Gasteiger partial charge in [-0.3, -0.25) is 9.78 Å². The Labute approximate surface area is 115 Å². The van der Waals surface area contributed by atoms with Gasteiger partial charge in [0.25, 0.3) is 5.56 Å². The molecule has 106 valence electrons. The van der Waals surface area contributed by atoms with Gasteiger partial charge in [0.15, 0.2) is 0 Å². The number of hydrogen-bond donors (Lipinski definition) is 2. The fourth-order valence-corrected chi connectivity index (χ4v) is 2.07. The van der Waals surface area contributed by atoms with Gasteiger partial charge in [-0.2, -0.15) is 0 Å². The third-order valence-corrected chi connectivity index (χ3v) is 3.24. The zero-order valence-electron chi connectivity index (χ0n) is 11.9. The summed E-state index contributed by atoms with van der Waals surface area (Å²) in [6, 6.07) is 5.37. The molecule has 6 heteroatoms. The Hall–Kier alpha value is -2.50. The molecule has 0 amide bonds. The maximum atomic E-state index is 11.9. The normalized spacial score (nSPS) is 10.6. The fourth-order valence-electron chi connectivity index (χ4n) is 2.07. The monoisotopic (exact) mass is 275 g/mol. The lowest BCUT2D eigenvalue weighted by atomic mass is 10.1. The van der Waals surface area contributed by atoms with Crippen LogP contribution in [-0.4, -0.2) is 28.8 Å². The molecule has 0 fully saturated rings. The van der Waals surface area contributed by atoms with Crippen molar-refractivity contribution < 1.29 is 5.11 Å². The molecule has 1 heterocycles. The van der Waals surface area contributed by atoms with Crippen molar-refractivity contribution in [3.05, 3.63) is 50.2 Å². The van der Waals surface area contributed by atoms with Gasteiger partial charge in [-0.15, -0.1) is 0 Å². The minimum absolute atomic E-state index is 0.108. The molecule has 0 aliphatic carbocycles. The van der Waals surface area contributed by atoms with Crippen molar-refractivity contribution in [3.63, 3.8) is 0 Å². The van der Waals surface area contributed by atoms with E-state index in [2.05, 4.69) is 4.98 Å². The highest BCUT2D eigenvalue weighted by Gasteiger charge is 2.13. The Morgan fingerprint density at radius 2 is 1.85 bits per heavy atom. The number of aromatic nitrogens is 2. The van der Waals surface area contributed by atoms with Crippen LogP contribution in [0.5, 0.6) is 5.88 Å². The van der Waals surface area contributed by atoms with E-state index in [0.29, 0.717) is 5.69 Å². The van der Waals surface area contributed by atoms with Gasteiger partial charge in [-0.1, -0.05) is 6.07 Å². The van der Waals surface area contributed by atoms with Crippen LogP contribution in [0.3, 0.4) is 0 Å². The van der Waals surface area contributed by atoms with E-state index in [1.54, 1.807) is 12.1 Å². The van der Waals surface area contributed by atoms with Crippen molar-refractivity contribution in [2.45, 2.75) is 13.8 Å². The van der Waals surface area contributed by atoms with E-state index in [0.717, 1.165) is 15.8 Å². The molecule has 6 nitrogen and oxygen atoms in total. The minimum Gasteiger partial charge on any atom is -0.494 e. The summed E-state index contributed by atoms with van der Waals surface area (Å²) in [4.78, 5) is 27.5. The van der Waals surface area contributed by atoms with Crippen molar-refractivity contribution in [1.29, 1.82) is 0 Å². The van der Waals surface area contributed by atoms with Crippen molar-refractivity contribution >= 4 is 5.69 Å². The molecular weight excluding hydrogens is 258 g/mol. The molecular formula is C14H17N3O3. The molecule has 0 aliphatic rings. The topological polar surface area (TPSA) is 78.3 Å². The molecule has 20 heavy (non-hydrogen) atoms. The molecule has 0 spiro atoms. The first-order chi connectivity index (χ1) is 9.32. The van der Waals surface area contributed by atoms with Gasteiger partial charge in [0.05, 0.1) is 11.3 Å². The van der Waals surface area contributed by atoms with E-state index in [4.69, 9.17) is 0 Å². The zero-order chi connectivity index (χ0) is 15.0. The summed E-state index contributed by atoms with van der Waals surface area (Å²) in [5.41, 5.74) is 1.35. The van der Waals surface area contributed by atoms with E-state index < -0.39 is 11.2 Å². The molecule has 0 aliphatic heterocycles. The summed E-state index contributed by atoms with van der Waals surface area (Å²) in [6.07, 6.45) is 0. The molecule has 1 aromatic carbocycles. The highest BCUT2D eigenvalue weighted by Crippen LogP contribution is 2.23. The second-order valence-corrected chi connectivity index (χ2v) is 4.91. The Morgan fingerprint density at radius 1 is 1.20 bits per heavy atom. The number of benzene rings is 1. The summed E-state index contributed by atoms with van der Waals surface area (Å²) in [5.74, 6) is -0.340. The SMILES string of the molecule is Cc1ccc(-n2c(O)c(C)c(=O)[nH]c2=O)cc1N(C)C. The summed E-state index contributed by atoms with van der Waals surface area (Å²) in [7, 11) is 3.79. The first kappa shape index (κ1) is 13.9. The van der Waals surface area contributed by atoms with Crippen LogP contribution in [0.25, 0.3) is 5.69 Å². The Balaban J connectivity index is 2.76. The molecule has 0 radical (unpaired) electrons. The molecule has 2 N–H and O–H groups in total. The van der Waals surface area contributed by atoms with Gasteiger partial charge >= 0.3 is 5.69 Å². The first-order valence-corrected chi connectivity index (χ1v) is 6.16. The van der Waals surface area contributed by atoms with E-state index >= 15 is 0 Å². The molecule has 0 saturated heterocycles. The standard InChI is InChI=1S/C14H17N3O3/c1-8-5-6-10(7-11(8)16(3)4)17-13(19)9(2)12(18)15-14(17)20/h5-7,19H,1-4H3,(H,15,18,20). The molecule has 0 atom stereocenters. The Bertz CT molecular complexity index is 772. The number of rotatable bonds is 2. The van der Waals surface area contributed by atoms with Crippen LogP contribution >= 0.6 is 0 Å². The number of aromatic hydroxyl groups is 1. The maximum Gasteiger partial charge on any atom is 0.335 e. The molecule has 0 unspecified atom stereocenters. The number of H-pyrrole nitrogens is 1. The Kier molecular flexibility index (Phi) is 3.40. The quantitative estimate of drug-likeness (QED) is 0.854.